The van der Waals surface area contributed by atoms with Crippen molar-refractivity contribution >= 4 is 29.1 Å². The number of ether oxygens (including phenoxy) is 1. The van der Waals surface area contributed by atoms with Gasteiger partial charge in [0.25, 0.3) is 0 Å². The highest BCUT2D eigenvalue weighted by atomic mass is 35.5. The van der Waals surface area contributed by atoms with Crippen molar-refractivity contribution in [2.75, 3.05) is 0 Å². The van der Waals surface area contributed by atoms with Crippen LogP contribution >= 0.6 is 23.2 Å². The fourth-order valence-corrected chi connectivity index (χ4v) is 2.61. The number of carbonyl (C=O) groups is 1. The number of phenolic OH excluding ortho intramolecular Hbond substituents is 1. The fraction of sp³-hybridized carbons (Fsp3) is 0.368. The molecule has 0 radical (unpaired) electrons. The van der Waals surface area contributed by atoms with Crippen molar-refractivity contribution < 1.29 is 19.0 Å². The lowest BCUT2D eigenvalue weighted by molar-refractivity contribution is -0.117. The topological polar surface area (TPSA) is 137 Å². The van der Waals surface area contributed by atoms with E-state index in [1.54, 1.807) is 20.8 Å². The standard InChI is InChI=1S/C16H18Cl2FN3O2.C3H7NO/c1-6(20)10-4-9(5-11(7(2)21)14(10)23)24-15-12(17)8(3)22-16(19)13(15)18;1-2-3(4)5/h4-7,23H,20-21H2,1-3H3;2H2,1H3,(H2,4,5). The zero-order chi connectivity index (χ0) is 22.5. The van der Waals surface area contributed by atoms with Crippen molar-refractivity contribution in [1.29, 1.82) is 0 Å². The molecule has 7 nitrogen and oxygen atoms in total. The summed E-state index contributed by atoms with van der Waals surface area (Å²) in [5, 5.41) is 10.0. The normalized spacial score (nSPS) is 12.6. The maximum absolute atomic E-state index is 13.7. The highest BCUT2D eigenvalue weighted by Crippen LogP contribution is 2.41. The first-order valence-electron chi connectivity index (χ1n) is 8.75. The molecular weight excluding hydrogens is 422 g/mol. The van der Waals surface area contributed by atoms with Gasteiger partial charge in [-0.25, -0.2) is 4.98 Å². The van der Waals surface area contributed by atoms with E-state index in [0.717, 1.165) is 0 Å². The van der Waals surface area contributed by atoms with Crippen LogP contribution in [0.3, 0.4) is 0 Å². The van der Waals surface area contributed by atoms with Gasteiger partial charge in [0.1, 0.15) is 21.5 Å². The molecular formula is C19H25Cl2FN4O3. The number of hydrogen-bond donors (Lipinski definition) is 4. The lowest BCUT2D eigenvalue weighted by atomic mass is 9.99. The number of carbonyl (C=O) groups excluding carboxylic acids is 1. The second kappa shape index (κ2) is 10.6. The highest BCUT2D eigenvalue weighted by molar-refractivity contribution is 6.37. The van der Waals surface area contributed by atoms with E-state index in [1.807, 2.05) is 0 Å². The number of benzene rings is 1. The van der Waals surface area contributed by atoms with Crippen LogP contribution in [-0.2, 0) is 4.79 Å². The summed E-state index contributed by atoms with van der Waals surface area (Å²) < 4.78 is 19.4. The first-order chi connectivity index (χ1) is 13.4. The molecule has 0 saturated heterocycles. The molecule has 7 N–H and O–H groups in total. The Balaban J connectivity index is 0.000000749. The zero-order valence-corrected chi connectivity index (χ0v) is 18.1. The van der Waals surface area contributed by atoms with E-state index in [4.69, 9.17) is 39.4 Å². The number of aromatic nitrogens is 1. The molecule has 29 heavy (non-hydrogen) atoms. The number of hydrogen-bond acceptors (Lipinski definition) is 6. The van der Waals surface area contributed by atoms with Gasteiger partial charge in [0.15, 0.2) is 5.75 Å². The summed E-state index contributed by atoms with van der Waals surface area (Å²) in [5.74, 6) is -0.903. The number of rotatable bonds is 5. The Kier molecular flexibility index (Phi) is 9.10. The average Bonchev–Trinajstić information content (AvgIpc) is 2.64. The molecule has 1 amide bonds. The largest absolute Gasteiger partial charge is 0.507 e. The molecule has 0 aliphatic carbocycles. The molecule has 2 aromatic rings. The van der Waals surface area contributed by atoms with Crippen LogP contribution in [0.25, 0.3) is 0 Å². The fourth-order valence-electron chi connectivity index (χ4n) is 2.21. The molecule has 0 bridgehead atoms. The Labute approximate surface area is 178 Å². The van der Waals surface area contributed by atoms with E-state index in [0.29, 0.717) is 17.5 Å². The SMILES string of the molecule is CCC(N)=O.Cc1nc(F)c(Cl)c(Oc2cc(C(C)N)c(O)c(C(C)N)c2)c1Cl. The average molecular weight is 447 g/mol. The van der Waals surface area contributed by atoms with Crippen molar-refractivity contribution in [2.24, 2.45) is 17.2 Å². The summed E-state index contributed by atoms with van der Waals surface area (Å²) in [4.78, 5) is 13.2. The second-order valence-corrected chi connectivity index (χ2v) is 7.15. The van der Waals surface area contributed by atoms with Gasteiger partial charge in [0, 0.05) is 29.6 Å². The first-order valence-corrected chi connectivity index (χ1v) is 9.51. The molecule has 1 heterocycles. The van der Waals surface area contributed by atoms with Gasteiger partial charge in [0.2, 0.25) is 11.9 Å². The van der Waals surface area contributed by atoms with Crippen molar-refractivity contribution in [2.45, 2.75) is 46.2 Å². The number of aryl methyl sites for hydroxylation is 1. The van der Waals surface area contributed by atoms with Gasteiger partial charge >= 0.3 is 0 Å². The maximum Gasteiger partial charge on any atom is 0.235 e. The van der Waals surface area contributed by atoms with Gasteiger partial charge in [-0.15, -0.1) is 0 Å². The Morgan fingerprint density at radius 1 is 1.21 bits per heavy atom. The Morgan fingerprint density at radius 2 is 1.66 bits per heavy atom. The first kappa shape index (κ1) is 24.9. The number of nitrogens with zero attached hydrogens (tertiary/aromatic N) is 1. The van der Waals surface area contributed by atoms with Gasteiger partial charge in [0.05, 0.1) is 5.69 Å². The van der Waals surface area contributed by atoms with E-state index in [-0.39, 0.29) is 38.9 Å². The number of aromatic hydroxyl groups is 1. The number of phenols is 1. The van der Waals surface area contributed by atoms with Gasteiger partial charge in [-0.2, -0.15) is 4.39 Å². The van der Waals surface area contributed by atoms with E-state index in [2.05, 4.69) is 10.7 Å². The molecule has 2 atom stereocenters. The number of nitrogens with two attached hydrogens (primary N) is 3. The summed E-state index contributed by atoms with van der Waals surface area (Å²) in [6, 6.07) is 2.14. The van der Waals surface area contributed by atoms with Gasteiger partial charge in [-0.1, -0.05) is 30.1 Å². The maximum atomic E-state index is 13.7. The predicted molar refractivity (Wildman–Crippen MR) is 112 cm³/mol. The highest BCUT2D eigenvalue weighted by Gasteiger charge is 2.21. The monoisotopic (exact) mass is 446 g/mol. The lowest BCUT2D eigenvalue weighted by Crippen LogP contribution is -2.11. The minimum Gasteiger partial charge on any atom is -0.507 e. The van der Waals surface area contributed by atoms with Crippen molar-refractivity contribution in [3.63, 3.8) is 0 Å². The van der Waals surface area contributed by atoms with Crippen LogP contribution in [-0.4, -0.2) is 16.0 Å². The third-order valence-electron chi connectivity index (χ3n) is 3.86. The Hall–Kier alpha value is -2.13. The lowest BCUT2D eigenvalue weighted by Gasteiger charge is -2.18. The third kappa shape index (κ3) is 6.43. The molecule has 2 unspecified atom stereocenters. The molecule has 10 heteroatoms. The quantitative estimate of drug-likeness (QED) is 0.506. The van der Waals surface area contributed by atoms with Crippen LogP contribution in [0.15, 0.2) is 12.1 Å². The number of halogens is 3. The van der Waals surface area contributed by atoms with E-state index < -0.39 is 18.0 Å². The van der Waals surface area contributed by atoms with Crippen LogP contribution in [0.1, 0.15) is 56.1 Å². The molecule has 0 aliphatic rings. The summed E-state index contributed by atoms with van der Waals surface area (Å²) in [6.45, 7) is 6.68. The molecule has 0 aliphatic heterocycles. The van der Waals surface area contributed by atoms with E-state index >= 15 is 0 Å². The Morgan fingerprint density at radius 3 is 2.03 bits per heavy atom. The molecule has 2 rings (SSSR count). The van der Waals surface area contributed by atoms with Gasteiger partial charge < -0.3 is 27.0 Å². The molecule has 0 spiro atoms. The van der Waals surface area contributed by atoms with E-state index in [9.17, 15) is 14.3 Å². The number of pyridine rings is 1. The molecule has 0 saturated carbocycles. The molecule has 160 valence electrons. The smallest absolute Gasteiger partial charge is 0.235 e. The van der Waals surface area contributed by atoms with Crippen LogP contribution in [0.2, 0.25) is 10.0 Å². The summed E-state index contributed by atoms with van der Waals surface area (Å²) >= 11 is 12.0. The summed E-state index contributed by atoms with van der Waals surface area (Å²) in [7, 11) is 0. The summed E-state index contributed by atoms with van der Waals surface area (Å²) in [5.41, 5.74) is 17.5. The molecule has 1 aromatic heterocycles. The van der Waals surface area contributed by atoms with Crippen LogP contribution in [0, 0.1) is 12.9 Å². The van der Waals surface area contributed by atoms with Crippen molar-refractivity contribution in [1.82, 2.24) is 4.98 Å². The van der Waals surface area contributed by atoms with Crippen LogP contribution in [0.5, 0.6) is 17.2 Å². The molecule has 1 aromatic carbocycles. The molecule has 0 fully saturated rings. The van der Waals surface area contributed by atoms with Gasteiger partial charge in [-0.3, -0.25) is 4.79 Å². The minimum atomic E-state index is -0.882. The Bertz CT molecular complexity index is 837. The second-order valence-electron chi connectivity index (χ2n) is 6.39. The van der Waals surface area contributed by atoms with Crippen LogP contribution < -0.4 is 21.9 Å². The minimum absolute atomic E-state index is 0.00151. The van der Waals surface area contributed by atoms with Crippen molar-refractivity contribution in [3.05, 3.63) is 44.9 Å². The van der Waals surface area contributed by atoms with Crippen LogP contribution in [0.4, 0.5) is 4.39 Å². The number of primary amides is 1. The zero-order valence-electron chi connectivity index (χ0n) is 16.6. The van der Waals surface area contributed by atoms with Gasteiger partial charge in [-0.05, 0) is 32.9 Å². The van der Waals surface area contributed by atoms with E-state index in [1.165, 1.54) is 19.1 Å². The predicted octanol–water partition coefficient (Wildman–Crippen LogP) is 4.25. The summed E-state index contributed by atoms with van der Waals surface area (Å²) in [6.07, 6.45) is 0.444. The third-order valence-corrected chi connectivity index (χ3v) is 4.63. The number of amides is 1. The van der Waals surface area contributed by atoms with Crippen molar-refractivity contribution in [3.8, 4) is 17.2 Å².